The Hall–Kier alpha value is -0.900. The second-order valence-electron chi connectivity index (χ2n) is 6.28. The van der Waals surface area contributed by atoms with Crippen LogP contribution in [0.25, 0.3) is 0 Å². The van der Waals surface area contributed by atoms with Crippen molar-refractivity contribution in [2.24, 2.45) is 0 Å². The molecule has 0 saturated carbocycles. The average Bonchev–Trinajstić information content (AvgIpc) is 2.47. The Balaban J connectivity index is 1.89. The molecule has 3 nitrogen and oxygen atoms in total. The Kier molecular flexibility index (Phi) is 4.11. The monoisotopic (exact) mass is 274 g/mol. The van der Waals surface area contributed by atoms with Gasteiger partial charge in [0.2, 0.25) is 0 Å². The van der Waals surface area contributed by atoms with Gasteiger partial charge in [0.15, 0.2) is 0 Å². The fourth-order valence-corrected chi connectivity index (χ4v) is 3.93. The van der Waals surface area contributed by atoms with E-state index in [-0.39, 0.29) is 0 Å². The molecule has 1 aliphatic carbocycles. The van der Waals surface area contributed by atoms with Crippen LogP contribution in [-0.4, -0.2) is 43.8 Å². The van der Waals surface area contributed by atoms with E-state index >= 15 is 0 Å². The molecular weight excluding hydrogens is 248 g/mol. The molecule has 4 unspecified atom stereocenters. The van der Waals surface area contributed by atoms with Crippen molar-refractivity contribution in [3.05, 3.63) is 35.4 Å². The lowest BCUT2D eigenvalue weighted by Gasteiger charge is -2.45. The fourth-order valence-electron chi connectivity index (χ4n) is 3.93. The number of rotatable bonds is 2. The molecule has 2 aliphatic rings. The molecule has 1 saturated heterocycles. The second-order valence-corrected chi connectivity index (χ2v) is 6.28. The molecule has 4 atom stereocenters. The van der Waals surface area contributed by atoms with Crippen molar-refractivity contribution < 1.29 is 4.74 Å². The van der Waals surface area contributed by atoms with Gasteiger partial charge in [-0.3, -0.25) is 4.90 Å². The van der Waals surface area contributed by atoms with Gasteiger partial charge in [-0.25, -0.2) is 0 Å². The molecule has 0 radical (unpaired) electrons. The van der Waals surface area contributed by atoms with Gasteiger partial charge in [0.05, 0.1) is 12.7 Å². The Morgan fingerprint density at radius 3 is 2.65 bits per heavy atom. The number of nitrogens with one attached hydrogen (secondary N) is 1. The smallest absolute Gasteiger partial charge is 0.0674 e. The molecule has 0 aromatic heterocycles. The summed E-state index contributed by atoms with van der Waals surface area (Å²) in [6.45, 7) is 7.52. The number of hydrogen-bond acceptors (Lipinski definition) is 3. The maximum Gasteiger partial charge on any atom is 0.0674 e. The molecule has 1 aliphatic heterocycles. The summed E-state index contributed by atoms with van der Waals surface area (Å²) >= 11 is 0. The highest BCUT2D eigenvalue weighted by atomic mass is 16.5. The van der Waals surface area contributed by atoms with E-state index in [9.17, 15) is 0 Å². The van der Waals surface area contributed by atoms with E-state index in [0.29, 0.717) is 24.1 Å². The Morgan fingerprint density at radius 1 is 1.20 bits per heavy atom. The normalized spacial score (nSPS) is 34.8. The first-order valence-corrected chi connectivity index (χ1v) is 7.82. The lowest BCUT2D eigenvalue weighted by molar-refractivity contribution is -0.0432. The molecule has 0 amide bonds. The van der Waals surface area contributed by atoms with Crippen LogP contribution >= 0.6 is 0 Å². The van der Waals surface area contributed by atoms with Gasteiger partial charge in [0.1, 0.15) is 0 Å². The molecule has 0 bridgehead atoms. The van der Waals surface area contributed by atoms with E-state index in [1.54, 1.807) is 0 Å². The van der Waals surface area contributed by atoms with Crippen molar-refractivity contribution in [1.29, 1.82) is 0 Å². The van der Waals surface area contributed by atoms with Crippen molar-refractivity contribution in [2.45, 2.75) is 44.4 Å². The van der Waals surface area contributed by atoms with E-state index < -0.39 is 0 Å². The first-order valence-electron chi connectivity index (χ1n) is 7.82. The minimum absolute atomic E-state index is 0.355. The molecule has 1 fully saturated rings. The minimum atomic E-state index is 0.355. The third-order valence-electron chi connectivity index (χ3n) is 4.89. The molecule has 1 aromatic carbocycles. The zero-order valence-electron chi connectivity index (χ0n) is 12.8. The van der Waals surface area contributed by atoms with Crippen LogP contribution in [0.15, 0.2) is 24.3 Å². The summed E-state index contributed by atoms with van der Waals surface area (Å²) in [6, 6.07) is 9.94. The number of fused-ring (bicyclic) bond motifs is 1. The lowest BCUT2D eigenvalue weighted by Crippen LogP contribution is -2.53. The third-order valence-corrected chi connectivity index (χ3v) is 4.89. The molecule has 3 rings (SSSR count). The van der Waals surface area contributed by atoms with Gasteiger partial charge in [0.25, 0.3) is 0 Å². The summed E-state index contributed by atoms with van der Waals surface area (Å²) in [5.41, 5.74) is 3.00. The summed E-state index contributed by atoms with van der Waals surface area (Å²) in [5, 5.41) is 3.56. The molecule has 1 heterocycles. The predicted molar refractivity (Wildman–Crippen MR) is 82.0 cm³/mol. The number of ether oxygens (including phenoxy) is 1. The zero-order valence-corrected chi connectivity index (χ0v) is 12.8. The van der Waals surface area contributed by atoms with Gasteiger partial charge >= 0.3 is 0 Å². The van der Waals surface area contributed by atoms with Crippen molar-refractivity contribution in [2.75, 3.05) is 26.7 Å². The molecule has 3 heteroatoms. The van der Waals surface area contributed by atoms with Crippen LogP contribution in [-0.2, 0) is 4.74 Å². The van der Waals surface area contributed by atoms with Crippen molar-refractivity contribution in [3.63, 3.8) is 0 Å². The number of nitrogens with zero attached hydrogens (tertiary/aromatic N) is 1. The van der Waals surface area contributed by atoms with Gasteiger partial charge in [-0.15, -0.1) is 0 Å². The summed E-state index contributed by atoms with van der Waals surface area (Å²) in [5.74, 6) is 0.638. The Morgan fingerprint density at radius 2 is 1.95 bits per heavy atom. The Bertz CT molecular complexity index is 462. The quantitative estimate of drug-likeness (QED) is 0.897. The van der Waals surface area contributed by atoms with Crippen molar-refractivity contribution in [1.82, 2.24) is 10.2 Å². The summed E-state index contributed by atoms with van der Waals surface area (Å²) in [7, 11) is 2.09. The molecular formula is C17H26N2O. The highest BCUT2D eigenvalue weighted by Gasteiger charge is 2.36. The molecule has 1 N–H and O–H groups in total. The maximum atomic E-state index is 5.70. The molecule has 1 aromatic rings. The van der Waals surface area contributed by atoms with Crippen LogP contribution in [0.4, 0.5) is 0 Å². The third kappa shape index (κ3) is 2.50. The van der Waals surface area contributed by atoms with Crippen molar-refractivity contribution in [3.8, 4) is 0 Å². The van der Waals surface area contributed by atoms with Gasteiger partial charge in [-0.2, -0.15) is 0 Å². The average molecular weight is 274 g/mol. The fraction of sp³-hybridized carbons (Fsp3) is 0.647. The summed E-state index contributed by atoms with van der Waals surface area (Å²) < 4.78 is 5.70. The standard InChI is InChI=1S/C17H26N2O/c1-12-10-16(19-8-9-20-13(2)11-19)17(18-3)15-7-5-4-6-14(12)15/h4-7,12-13,16-18H,8-11H2,1-3H3. The van der Waals surface area contributed by atoms with Crippen LogP contribution in [0, 0.1) is 0 Å². The van der Waals surface area contributed by atoms with Crippen LogP contribution < -0.4 is 5.32 Å². The summed E-state index contributed by atoms with van der Waals surface area (Å²) in [4.78, 5) is 2.63. The molecule has 20 heavy (non-hydrogen) atoms. The largest absolute Gasteiger partial charge is 0.376 e. The number of hydrogen-bond donors (Lipinski definition) is 1. The van der Waals surface area contributed by atoms with Crippen molar-refractivity contribution >= 4 is 0 Å². The topological polar surface area (TPSA) is 24.5 Å². The van der Waals surface area contributed by atoms with E-state index in [1.807, 2.05) is 0 Å². The maximum absolute atomic E-state index is 5.70. The van der Waals surface area contributed by atoms with Gasteiger partial charge < -0.3 is 10.1 Å². The number of morpholine rings is 1. The van der Waals surface area contributed by atoms with E-state index in [0.717, 1.165) is 19.7 Å². The van der Waals surface area contributed by atoms with Gasteiger partial charge in [-0.1, -0.05) is 31.2 Å². The lowest BCUT2D eigenvalue weighted by atomic mass is 9.77. The van der Waals surface area contributed by atoms with Crippen LogP contribution in [0.1, 0.15) is 43.4 Å². The van der Waals surface area contributed by atoms with Gasteiger partial charge in [0, 0.05) is 25.2 Å². The minimum Gasteiger partial charge on any atom is -0.376 e. The van der Waals surface area contributed by atoms with Crippen LogP contribution in [0.5, 0.6) is 0 Å². The summed E-state index contributed by atoms with van der Waals surface area (Å²) in [6.07, 6.45) is 1.59. The van der Waals surface area contributed by atoms with E-state index in [2.05, 4.69) is 55.4 Å². The highest BCUT2D eigenvalue weighted by Crippen LogP contribution is 2.39. The number of likely N-dealkylation sites (N-methyl/N-ethyl adjacent to an activating group) is 1. The first kappa shape index (κ1) is 14.1. The van der Waals surface area contributed by atoms with E-state index in [1.165, 1.54) is 17.5 Å². The number of benzene rings is 1. The van der Waals surface area contributed by atoms with E-state index in [4.69, 9.17) is 4.74 Å². The first-order chi connectivity index (χ1) is 9.70. The second kappa shape index (κ2) is 5.84. The Labute approximate surface area is 122 Å². The predicted octanol–water partition coefficient (Wildman–Crippen LogP) is 2.54. The SMILES string of the molecule is CNC1c2ccccc2C(C)CC1N1CCOC(C)C1. The van der Waals surface area contributed by atoms with Gasteiger partial charge in [-0.05, 0) is 37.4 Å². The molecule has 0 spiro atoms. The highest BCUT2D eigenvalue weighted by molar-refractivity contribution is 5.36. The van der Waals surface area contributed by atoms with Crippen LogP contribution in [0.2, 0.25) is 0 Å². The van der Waals surface area contributed by atoms with Crippen LogP contribution in [0.3, 0.4) is 0 Å². The zero-order chi connectivity index (χ0) is 14.1. The molecule has 110 valence electrons.